The summed E-state index contributed by atoms with van der Waals surface area (Å²) in [5.74, 6) is -3.87. The number of hydrogen-bond acceptors (Lipinski definition) is 8. The topological polar surface area (TPSA) is 135 Å². The smallest absolute Gasteiger partial charge is 0.490 e. The number of ether oxygens (including phenoxy) is 2. The van der Waals surface area contributed by atoms with E-state index >= 15 is 0 Å². The van der Waals surface area contributed by atoms with Crippen LogP contribution in [0.5, 0.6) is 5.75 Å². The summed E-state index contributed by atoms with van der Waals surface area (Å²) in [5, 5.41) is 14.2. The second kappa shape index (κ2) is 13.8. The first-order valence-corrected chi connectivity index (χ1v) is 12.4. The van der Waals surface area contributed by atoms with Crippen LogP contribution in [0.2, 0.25) is 0 Å². The minimum Gasteiger partial charge on any atom is -0.497 e. The molecule has 4 heterocycles. The maximum atomic E-state index is 10.6. The number of carboxylic acids is 2. The van der Waals surface area contributed by atoms with Crippen LogP contribution in [0.4, 0.5) is 26.3 Å². The molecule has 0 radical (unpaired) electrons. The number of aromatic nitrogens is 3. The Morgan fingerprint density at radius 1 is 1.05 bits per heavy atom. The molecule has 1 fully saturated rings. The van der Waals surface area contributed by atoms with Crippen LogP contribution < -0.4 is 4.74 Å². The van der Waals surface area contributed by atoms with Crippen molar-refractivity contribution in [3.63, 3.8) is 0 Å². The van der Waals surface area contributed by atoms with E-state index in [1.165, 1.54) is 5.56 Å². The maximum Gasteiger partial charge on any atom is 0.490 e. The van der Waals surface area contributed by atoms with Gasteiger partial charge in [-0.25, -0.2) is 19.6 Å². The minimum atomic E-state index is -5.08. The van der Waals surface area contributed by atoms with Crippen LogP contribution in [0.1, 0.15) is 23.2 Å². The number of carboxylic acid groups (broad SMARTS) is 2. The summed E-state index contributed by atoms with van der Waals surface area (Å²) in [6.07, 6.45) is -3.62. The maximum absolute atomic E-state index is 10.6. The number of benzene rings is 1. The number of carbonyl (C=O) groups is 2. The van der Waals surface area contributed by atoms with Gasteiger partial charge < -0.3 is 19.7 Å². The molecule has 5 rings (SSSR count). The van der Waals surface area contributed by atoms with E-state index < -0.39 is 24.3 Å². The Bertz CT molecular complexity index is 1380. The molecule has 16 heteroatoms. The first kappa shape index (κ1) is 33.2. The second-order valence-corrected chi connectivity index (χ2v) is 9.50. The number of nitrogens with zero attached hydrogens (tertiary/aromatic N) is 4. The zero-order valence-electron chi connectivity index (χ0n) is 22.5. The van der Waals surface area contributed by atoms with Crippen LogP contribution >= 0.6 is 0 Å². The molecule has 3 aromatic rings. The van der Waals surface area contributed by atoms with Gasteiger partial charge in [-0.1, -0.05) is 12.1 Å². The predicted molar refractivity (Wildman–Crippen MR) is 137 cm³/mol. The lowest BCUT2D eigenvalue weighted by Crippen LogP contribution is -2.40. The van der Waals surface area contributed by atoms with Gasteiger partial charge >= 0.3 is 24.3 Å². The van der Waals surface area contributed by atoms with E-state index in [1.54, 1.807) is 13.3 Å². The van der Waals surface area contributed by atoms with Gasteiger partial charge in [-0.15, -0.1) is 0 Å². The Morgan fingerprint density at radius 3 is 2.30 bits per heavy atom. The van der Waals surface area contributed by atoms with Gasteiger partial charge in [0.2, 0.25) is 0 Å². The Morgan fingerprint density at radius 2 is 1.72 bits per heavy atom. The quantitative estimate of drug-likeness (QED) is 0.404. The number of halogens is 6. The SMILES string of the molecule is COc1cccc(CN2CCC3(COCc4cnc(-c5cccnc5)nc43)C2)c1.O=C(O)C(F)(F)F.O=C(O)C(F)(F)F. The summed E-state index contributed by atoms with van der Waals surface area (Å²) >= 11 is 0. The van der Waals surface area contributed by atoms with Crippen LogP contribution in [0.25, 0.3) is 11.4 Å². The lowest BCUT2D eigenvalue weighted by atomic mass is 9.80. The summed E-state index contributed by atoms with van der Waals surface area (Å²) in [6, 6.07) is 12.2. The van der Waals surface area contributed by atoms with E-state index in [4.69, 9.17) is 34.3 Å². The van der Waals surface area contributed by atoms with Gasteiger partial charge in [-0.3, -0.25) is 9.88 Å². The fourth-order valence-corrected chi connectivity index (χ4v) is 4.46. The molecule has 43 heavy (non-hydrogen) atoms. The van der Waals surface area contributed by atoms with Crippen molar-refractivity contribution in [2.24, 2.45) is 0 Å². The third-order valence-corrected chi connectivity index (χ3v) is 6.38. The second-order valence-electron chi connectivity index (χ2n) is 9.50. The Labute approximate surface area is 240 Å². The number of likely N-dealkylation sites (tertiary alicyclic amines) is 1. The zero-order valence-corrected chi connectivity index (χ0v) is 22.5. The van der Waals surface area contributed by atoms with E-state index in [0.29, 0.717) is 13.2 Å². The monoisotopic (exact) mass is 616 g/mol. The molecule has 1 spiro atoms. The molecule has 1 saturated heterocycles. The highest BCUT2D eigenvalue weighted by molar-refractivity contribution is 5.73. The standard InChI is InChI=1S/C23H24N4O2.2C2HF3O2/c1-28-20-6-2-4-17(10-20)13-27-9-7-23(15-27)16-29-14-19-12-25-22(26-21(19)23)18-5-3-8-24-11-18;2*3-2(4,5)1(6)7/h2-6,8,10-12H,7,9,13-16H2,1H3;2*(H,6,7). The number of rotatable bonds is 4. The van der Waals surface area contributed by atoms with E-state index in [2.05, 4.69) is 27.0 Å². The molecular weight excluding hydrogens is 590 g/mol. The number of aliphatic carboxylic acids is 2. The van der Waals surface area contributed by atoms with Gasteiger partial charge in [0.25, 0.3) is 0 Å². The van der Waals surface area contributed by atoms with Crippen molar-refractivity contribution in [3.05, 3.63) is 71.8 Å². The van der Waals surface area contributed by atoms with Gasteiger partial charge in [-0.2, -0.15) is 26.3 Å². The lowest BCUT2D eigenvalue weighted by molar-refractivity contribution is -0.193. The molecule has 0 aliphatic carbocycles. The van der Waals surface area contributed by atoms with Crippen molar-refractivity contribution < 1.29 is 55.6 Å². The van der Waals surface area contributed by atoms with Crippen LogP contribution in [-0.2, 0) is 32.9 Å². The summed E-state index contributed by atoms with van der Waals surface area (Å²) in [6.45, 7) is 4.14. The van der Waals surface area contributed by atoms with Gasteiger partial charge in [-0.05, 0) is 42.8 Å². The van der Waals surface area contributed by atoms with Crippen molar-refractivity contribution in [1.29, 1.82) is 0 Å². The predicted octanol–water partition coefficient (Wildman–Crippen LogP) is 4.49. The van der Waals surface area contributed by atoms with Crippen LogP contribution in [0.3, 0.4) is 0 Å². The third kappa shape index (κ3) is 9.09. The highest BCUT2D eigenvalue weighted by Gasteiger charge is 2.45. The molecule has 10 nitrogen and oxygen atoms in total. The number of pyridine rings is 1. The average molecular weight is 617 g/mol. The fourth-order valence-electron chi connectivity index (χ4n) is 4.46. The summed E-state index contributed by atoms with van der Waals surface area (Å²) in [7, 11) is 1.71. The molecule has 1 unspecified atom stereocenters. The Hall–Kier alpha value is -4.31. The van der Waals surface area contributed by atoms with Crippen LogP contribution in [0.15, 0.2) is 55.0 Å². The number of hydrogen-bond donors (Lipinski definition) is 2. The number of fused-ring (bicyclic) bond motifs is 2. The van der Waals surface area contributed by atoms with Crippen molar-refractivity contribution in [2.45, 2.75) is 37.3 Å². The molecule has 0 bridgehead atoms. The summed E-state index contributed by atoms with van der Waals surface area (Å²) in [5.41, 5.74) is 4.38. The first-order valence-electron chi connectivity index (χ1n) is 12.4. The van der Waals surface area contributed by atoms with Crippen LogP contribution in [0, 0.1) is 0 Å². The van der Waals surface area contributed by atoms with Crippen molar-refractivity contribution in [3.8, 4) is 17.1 Å². The number of alkyl halides is 6. The summed E-state index contributed by atoms with van der Waals surface area (Å²) in [4.78, 5) is 34.1. The highest BCUT2D eigenvalue weighted by atomic mass is 19.4. The average Bonchev–Trinajstić information content (AvgIpc) is 3.36. The van der Waals surface area contributed by atoms with E-state index in [9.17, 15) is 26.3 Å². The molecule has 0 saturated carbocycles. The van der Waals surface area contributed by atoms with Crippen molar-refractivity contribution in [1.82, 2.24) is 19.9 Å². The molecule has 2 N–H and O–H groups in total. The molecule has 0 amide bonds. The highest BCUT2D eigenvalue weighted by Crippen LogP contribution is 2.40. The molecule has 232 valence electrons. The van der Waals surface area contributed by atoms with Gasteiger partial charge in [0.15, 0.2) is 5.82 Å². The van der Waals surface area contributed by atoms with Crippen molar-refractivity contribution in [2.75, 3.05) is 26.8 Å². The molecular formula is C27H26F6N4O6. The molecule has 2 aliphatic rings. The van der Waals surface area contributed by atoms with E-state index in [0.717, 1.165) is 54.4 Å². The largest absolute Gasteiger partial charge is 0.497 e. The Balaban J connectivity index is 0.000000303. The van der Waals surface area contributed by atoms with E-state index in [-0.39, 0.29) is 5.41 Å². The van der Waals surface area contributed by atoms with Gasteiger partial charge in [0, 0.05) is 42.8 Å². The normalized spacial score (nSPS) is 18.0. The minimum absolute atomic E-state index is 0.0770. The third-order valence-electron chi connectivity index (χ3n) is 6.38. The molecule has 2 aromatic heterocycles. The summed E-state index contributed by atoms with van der Waals surface area (Å²) < 4.78 is 74.8. The van der Waals surface area contributed by atoms with Gasteiger partial charge in [0.05, 0.1) is 31.4 Å². The van der Waals surface area contributed by atoms with Gasteiger partial charge in [0.1, 0.15) is 5.75 Å². The van der Waals surface area contributed by atoms with Crippen LogP contribution in [-0.4, -0.2) is 81.2 Å². The lowest BCUT2D eigenvalue weighted by Gasteiger charge is -2.34. The Kier molecular flexibility index (Phi) is 10.6. The fraction of sp³-hybridized carbons (Fsp3) is 0.370. The molecule has 1 atom stereocenters. The van der Waals surface area contributed by atoms with E-state index in [1.807, 2.05) is 36.7 Å². The first-order chi connectivity index (χ1) is 20.1. The zero-order chi connectivity index (χ0) is 31.8. The number of methoxy groups -OCH3 is 1. The molecule has 1 aromatic carbocycles. The van der Waals surface area contributed by atoms with Crippen molar-refractivity contribution >= 4 is 11.9 Å². The molecule has 2 aliphatic heterocycles.